The minimum absolute atomic E-state index is 0.0244. The van der Waals surface area contributed by atoms with Crippen LogP contribution in [0.25, 0.3) is 22.0 Å². The molecule has 1 saturated heterocycles. The van der Waals surface area contributed by atoms with Gasteiger partial charge in [-0.15, -0.1) is 0 Å². The van der Waals surface area contributed by atoms with E-state index in [2.05, 4.69) is 62.7 Å². The van der Waals surface area contributed by atoms with Gasteiger partial charge in [0.05, 0.1) is 7.11 Å². The normalized spacial score (nSPS) is 20.2. The number of rotatable bonds is 6. The molecule has 1 aliphatic heterocycles. The third-order valence-corrected chi connectivity index (χ3v) is 8.64. The lowest BCUT2D eigenvalue weighted by Gasteiger charge is -2.23. The summed E-state index contributed by atoms with van der Waals surface area (Å²) in [6, 6.07) is 14.6. The summed E-state index contributed by atoms with van der Waals surface area (Å²) in [5.41, 5.74) is 4.22. The molecule has 5 rings (SSSR count). The second-order valence-corrected chi connectivity index (χ2v) is 10.9. The molecule has 174 valence electrons. The zero-order valence-electron chi connectivity index (χ0n) is 20.5. The molecule has 2 heterocycles. The molecule has 0 amide bonds. The van der Waals surface area contributed by atoms with E-state index in [4.69, 9.17) is 9.47 Å². The second-order valence-electron chi connectivity index (χ2n) is 10.9. The molecule has 0 N–H and O–H groups in total. The first-order chi connectivity index (χ1) is 15.8. The minimum atomic E-state index is 0.0244. The smallest absolute Gasteiger partial charge is 0.169 e. The average Bonchev–Trinajstić information content (AvgIpc) is 3.06. The highest BCUT2D eigenvalue weighted by atomic mass is 16.5. The standard InChI is InChI=1S/C29H35NO3/c1-28(2)27(29(28,3)4)26(31)23-18-30(17-19-12-14-33-15-13-19)24-16-20(10-11-22(23)24)21-8-6-7-9-25(21)32-5/h6-11,16,18-19,27H,12-15,17H2,1-5H3. The largest absolute Gasteiger partial charge is 0.496 e. The number of ketones is 1. The van der Waals surface area contributed by atoms with Crippen LogP contribution in [0.15, 0.2) is 48.7 Å². The molecule has 2 fully saturated rings. The summed E-state index contributed by atoms with van der Waals surface area (Å²) < 4.78 is 13.5. The fourth-order valence-electron chi connectivity index (χ4n) is 5.90. The molecule has 1 saturated carbocycles. The van der Waals surface area contributed by atoms with Crippen LogP contribution in [-0.2, 0) is 11.3 Å². The topological polar surface area (TPSA) is 40.5 Å². The molecule has 1 aliphatic carbocycles. The molecule has 3 aromatic rings. The summed E-state index contributed by atoms with van der Waals surface area (Å²) in [5.74, 6) is 1.77. The number of benzene rings is 2. The van der Waals surface area contributed by atoms with Crippen LogP contribution in [0, 0.1) is 22.7 Å². The predicted octanol–water partition coefficient (Wildman–Crippen LogP) is 6.61. The molecule has 2 aromatic carbocycles. The number of carbonyl (C=O) groups excluding carboxylic acids is 1. The van der Waals surface area contributed by atoms with E-state index < -0.39 is 0 Å². The lowest BCUT2D eigenvalue weighted by atomic mass is 9.98. The van der Waals surface area contributed by atoms with Gasteiger partial charge in [0, 0.05) is 53.9 Å². The first kappa shape index (κ1) is 22.2. The molecule has 0 bridgehead atoms. The zero-order valence-corrected chi connectivity index (χ0v) is 20.5. The lowest BCUT2D eigenvalue weighted by Crippen LogP contribution is -2.20. The van der Waals surface area contributed by atoms with Gasteiger partial charge in [0.25, 0.3) is 0 Å². The highest BCUT2D eigenvalue weighted by Crippen LogP contribution is 2.69. The molecule has 0 radical (unpaired) electrons. The molecule has 4 heteroatoms. The number of carbonyl (C=O) groups is 1. The summed E-state index contributed by atoms with van der Waals surface area (Å²) in [5, 5.41) is 1.06. The van der Waals surface area contributed by atoms with E-state index in [0.717, 1.165) is 65.9 Å². The van der Waals surface area contributed by atoms with Crippen molar-refractivity contribution in [1.82, 2.24) is 4.57 Å². The van der Waals surface area contributed by atoms with Crippen molar-refractivity contribution >= 4 is 16.7 Å². The Labute approximate surface area is 196 Å². The number of ether oxygens (including phenoxy) is 2. The van der Waals surface area contributed by atoms with Crippen LogP contribution in [0.5, 0.6) is 5.75 Å². The van der Waals surface area contributed by atoms with Gasteiger partial charge in [-0.2, -0.15) is 0 Å². The molecule has 0 spiro atoms. The first-order valence-electron chi connectivity index (χ1n) is 12.1. The maximum atomic E-state index is 13.8. The van der Waals surface area contributed by atoms with E-state index in [9.17, 15) is 4.79 Å². The van der Waals surface area contributed by atoms with Crippen molar-refractivity contribution in [3.8, 4) is 16.9 Å². The number of hydrogen-bond donors (Lipinski definition) is 0. The van der Waals surface area contributed by atoms with Crippen LogP contribution in [-0.4, -0.2) is 30.7 Å². The highest BCUT2D eigenvalue weighted by Gasteiger charge is 2.68. The number of para-hydroxylation sites is 1. The van der Waals surface area contributed by atoms with Crippen molar-refractivity contribution in [1.29, 1.82) is 0 Å². The Morgan fingerprint density at radius 1 is 1.06 bits per heavy atom. The zero-order chi connectivity index (χ0) is 23.4. The Bertz CT molecular complexity index is 1180. The van der Waals surface area contributed by atoms with Gasteiger partial charge in [-0.1, -0.05) is 58.0 Å². The van der Waals surface area contributed by atoms with Crippen molar-refractivity contribution in [2.45, 2.75) is 47.1 Å². The Morgan fingerprint density at radius 2 is 1.76 bits per heavy atom. The maximum Gasteiger partial charge on any atom is 0.169 e. The summed E-state index contributed by atoms with van der Waals surface area (Å²) >= 11 is 0. The first-order valence-corrected chi connectivity index (χ1v) is 12.1. The maximum absolute atomic E-state index is 13.8. The fourth-order valence-corrected chi connectivity index (χ4v) is 5.90. The number of Topliss-reactive ketones (excluding diaryl/α,β-unsaturated/α-hetero) is 1. The van der Waals surface area contributed by atoms with Crippen LogP contribution in [0.4, 0.5) is 0 Å². The van der Waals surface area contributed by atoms with E-state index in [1.807, 2.05) is 18.2 Å². The Morgan fingerprint density at radius 3 is 2.42 bits per heavy atom. The van der Waals surface area contributed by atoms with E-state index in [0.29, 0.717) is 5.92 Å². The third kappa shape index (κ3) is 3.59. The van der Waals surface area contributed by atoms with E-state index >= 15 is 0 Å². The Kier molecular flexibility index (Phi) is 5.40. The van der Waals surface area contributed by atoms with Gasteiger partial charge < -0.3 is 14.0 Å². The van der Waals surface area contributed by atoms with Crippen LogP contribution in [0.2, 0.25) is 0 Å². The van der Waals surface area contributed by atoms with Gasteiger partial charge in [-0.3, -0.25) is 4.79 Å². The number of hydrogen-bond acceptors (Lipinski definition) is 3. The molecule has 0 unspecified atom stereocenters. The molecule has 33 heavy (non-hydrogen) atoms. The molecule has 1 aromatic heterocycles. The summed E-state index contributed by atoms with van der Waals surface area (Å²) in [6.45, 7) is 11.4. The van der Waals surface area contributed by atoms with Gasteiger partial charge in [-0.05, 0) is 47.3 Å². The van der Waals surface area contributed by atoms with Crippen LogP contribution >= 0.6 is 0 Å². The molecule has 4 nitrogen and oxygen atoms in total. The number of fused-ring (bicyclic) bond motifs is 1. The molecule has 2 aliphatic rings. The van der Waals surface area contributed by atoms with Gasteiger partial charge in [0.2, 0.25) is 0 Å². The molecule has 0 atom stereocenters. The second kappa shape index (κ2) is 8.02. The molecular weight excluding hydrogens is 410 g/mol. The number of methoxy groups -OCH3 is 1. The summed E-state index contributed by atoms with van der Waals surface area (Å²) in [4.78, 5) is 13.8. The van der Waals surface area contributed by atoms with Crippen molar-refractivity contribution in [2.24, 2.45) is 22.7 Å². The van der Waals surface area contributed by atoms with Crippen molar-refractivity contribution < 1.29 is 14.3 Å². The third-order valence-electron chi connectivity index (χ3n) is 8.64. The minimum Gasteiger partial charge on any atom is -0.496 e. The fraction of sp³-hybridized carbons (Fsp3) is 0.483. The summed E-state index contributed by atoms with van der Waals surface area (Å²) in [7, 11) is 1.71. The molecular formula is C29H35NO3. The van der Waals surface area contributed by atoms with E-state index in [1.54, 1.807) is 7.11 Å². The van der Waals surface area contributed by atoms with Crippen LogP contribution < -0.4 is 4.74 Å². The SMILES string of the molecule is COc1ccccc1-c1ccc2c(C(=O)C3C(C)(C)C3(C)C)cn(CC3CCOCC3)c2c1. The average molecular weight is 446 g/mol. The van der Waals surface area contributed by atoms with Crippen LogP contribution in [0.3, 0.4) is 0 Å². The quantitative estimate of drug-likeness (QED) is 0.401. The number of aromatic nitrogens is 1. The van der Waals surface area contributed by atoms with E-state index in [1.165, 1.54) is 0 Å². The number of nitrogens with zero attached hydrogens (tertiary/aromatic N) is 1. The van der Waals surface area contributed by atoms with Gasteiger partial charge in [-0.25, -0.2) is 0 Å². The lowest BCUT2D eigenvalue weighted by molar-refractivity contribution is 0.0616. The highest BCUT2D eigenvalue weighted by molar-refractivity contribution is 6.11. The van der Waals surface area contributed by atoms with Crippen molar-refractivity contribution in [2.75, 3.05) is 20.3 Å². The van der Waals surface area contributed by atoms with Gasteiger partial charge >= 0.3 is 0 Å². The van der Waals surface area contributed by atoms with Gasteiger partial charge in [0.15, 0.2) is 5.78 Å². The monoisotopic (exact) mass is 445 g/mol. The Balaban J connectivity index is 1.60. The predicted molar refractivity (Wildman–Crippen MR) is 133 cm³/mol. The van der Waals surface area contributed by atoms with E-state index in [-0.39, 0.29) is 22.5 Å². The van der Waals surface area contributed by atoms with Crippen molar-refractivity contribution in [3.05, 3.63) is 54.2 Å². The summed E-state index contributed by atoms with van der Waals surface area (Å²) in [6.07, 6.45) is 4.26. The van der Waals surface area contributed by atoms with Crippen molar-refractivity contribution in [3.63, 3.8) is 0 Å². The Hall–Kier alpha value is -2.59. The van der Waals surface area contributed by atoms with Crippen LogP contribution in [0.1, 0.15) is 50.9 Å². The van der Waals surface area contributed by atoms with Gasteiger partial charge in [0.1, 0.15) is 5.75 Å².